The number of carboxylic acids is 2. The van der Waals surface area contributed by atoms with Crippen LogP contribution in [0.5, 0.6) is 23.0 Å². The van der Waals surface area contributed by atoms with Crippen LogP contribution in [-0.4, -0.2) is 22.2 Å². The van der Waals surface area contributed by atoms with E-state index < -0.39 is 11.9 Å². The second-order valence-corrected chi connectivity index (χ2v) is 17.2. The maximum Gasteiger partial charge on any atom is 0.336 e. The zero-order valence-corrected chi connectivity index (χ0v) is 32.3. The second-order valence-electron chi connectivity index (χ2n) is 13.0. The van der Waals surface area contributed by atoms with Gasteiger partial charge in [0.05, 0.1) is 20.9 Å². The van der Waals surface area contributed by atoms with Crippen molar-refractivity contribution in [2.24, 2.45) is 0 Å². The highest BCUT2D eigenvalue weighted by Gasteiger charge is 2.29. The topological polar surface area (TPSA) is 93.1 Å². The molecule has 6 nitrogen and oxygen atoms in total. The van der Waals surface area contributed by atoms with Gasteiger partial charge in [0.15, 0.2) is 0 Å². The number of rotatable bonds is 7. The smallest absolute Gasteiger partial charge is 0.336 e. The van der Waals surface area contributed by atoms with Crippen molar-refractivity contribution >= 4 is 80.5 Å². The first-order chi connectivity index (χ1) is 27.4. The molecule has 2 aliphatic heterocycles. The van der Waals surface area contributed by atoms with Crippen molar-refractivity contribution in [2.75, 3.05) is 0 Å². The Morgan fingerprint density at radius 3 is 1.20 bits per heavy atom. The molecule has 0 aromatic heterocycles. The molecule has 56 heavy (non-hydrogen) atoms. The molecule has 0 bridgehead atoms. The van der Waals surface area contributed by atoms with Gasteiger partial charge in [-0.05, 0) is 82.2 Å². The van der Waals surface area contributed by atoms with E-state index in [1.165, 1.54) is 47.0 Å². The lowest BCUT2D eigenvalue weighted by Crippen LogP contribution is -2.03. The Morgan fingerprint density at radius 1 is 0.375 bits per heavy atom. The molecule has 2 heterocycles. The first kappa shape index (κ1) is 34.7. The molecule has 0 aliphatic carbocycles. The molecule has 0 spiro atoms. The molecule has 0 unspecified atom stereocenters. The molecule has 0 atom stereocenters. The number of aromatic carboxylic acids is 2. The molecule has 8 aromatic rings. The van der Waals surface area contributed by atoms with Crippen molar-refractivity contribution in [1.29, 1.82) is 0 Å². The number of fused-ring (bicyclic) bond motifs is 6. The Labute approximate surface area is 337 Å². The van der Waals surface area contributed by atoms with E-state index in [0.717, 1.165) is 62.0 Å². The van der Waals surface area contributed by atoms with Crippen molar-refractivity contribution < 1.29 is 29.3 Å². The van der Waals surface area contributed by atoms with E-state index in [1.54, 1.807) is 24.3 Å². The largest absolute Gasteiger partial charge is 0.478 e. The van der Waals surface area contributed by atoms with Crippen molar-refractivity contribution in [3.05, 3.63) is 157 Å². The molecule has 0 saturated heterocycles. The standard InChI is InChI=1S/C46H26O6S4/c47-45(48)29-13-5-17-35-41(29)55-43-33(15-7-19-37(43)53-35)51-31-23-21-25-9-1-3-11-27(25)39(31)40-28-12-4-2-10-26(28)22-24-32(40)52-34-16-8-20-38-44(34)56-42-30(46(49)50)14-6-18-36(42)54-38/h1-24H,(H,47,48)(H,49,50). The Bertz CT molecular complexity index is 2760. The van der Waals surface area contributed by atoms with E-state index in [2.05, 4.69) is 24.3 Å². The summed E-state index contributed by atoms with van der Waals surface area (Å²) >= 11 is 5.90. The van der Waals surface area contributed by atoms with Gasteiger partial charge in [-0.3, -0.25) is 0 Å². The lowest BCUT2D eigenvalue weighted by Gasteiger charge is -2.24. The maximum atomic E-state index is 12.2. The third kappa shape index (κ3) is 5.97. The Balaban J connectivity index is 1.14. The van der Waals surface area contributed by atoms with Crippen molar-refractivity contribution in [3.63, 3.8) is 0 Å². The summed E-state index contributed by atoms with van der Waals surface area (Å²) in [5, 5.41) is 24.0. The third-order valence-electron chi connectivity index (χ3n) is 9.62. The number of hydrogen-bond acceptors (Lipinski definition) is 8. The van der Waals surface area contributed by atoms with Crippen LogP contribution in [0.25, 0.3) is 32.7 Å². The predicted molar refractivity (Wildman–Crippen MR) is 223 cm³/mol. The summed E-state index contributed by atoms with van der Waals surface area (Å²) in [5.41, 5.74) is 2.20. The van der Waals surface area contributed by atoms with Gasteiger partial charge in [-0.2, -0.15) is 0 Å². The van der Waals surface area contributed by atoms with E-state index >= 15 is 0 Å². The Hall–Kier alpha value is -5.78. The molecule has 2 aliphatic rings. The summed E-state index contributed by atoms with van der Waals surface area (Å²) in [7, 11) is 0. The summed E-state index contributed by atoms with van der Waals surface area (Å²) < 4.78 is 14.0. The lowest BCUT2D eigenvalue weighted by atomic mass is 9.92. The van der Waals surface area contributed by atoms with E-state index in [4.69, 9.17) is 9.47 Å². The summed E-state index contributed by atoms with van der Waals surface area (Å²) in [6.07, 6.45) is 0. The van der Waals surface area contributed by atoms with E-state index in [9.17, 15) is 19.8 Å². The molecule has 0 fully saturated rings. The fraction of sp³-hybridized carbons (Fsp3) is 0. The average molecular weight is 803 g/mol. The molecule has 270 valence electrons. The van der Waals surface area contributed by atoms with Crippen LogP contribution in [0.15, 0.2) is 185 Å². The molecule has 2 N–H and O–H groups in total. The fourth-order valence-corrected chi connectivity index (χ4v) is 12.0. The molecular formula is C46H26O6S4. The second kappa shape index (κ2) is 14.1. The van der Waals surface area contributed by atoms with Gasteiger partial charge in [-0.1, -0.05) is 132 Å². The van der Waals surface area contributed by atoms with Gasteiger partial charge in [0.2, 0.25) is 0 Å². The van der Waals surface area contributed by atoms with Crippen LogP contribution in [0.2, 0.25) is 0 Å². The van der Waals surface area contributed by atoms with Gasteiger partial charge < -0.3 is 19.7 Å². The zero-order chi connectivity index (χ0) is 37.9. The van der Waals surface area contributed by atoms with Crippen molar-refractivity contribution in [2.45, 2.75) is 39.2 Å². The summed E-state index contributed by atoms with van der Waals surface area (Å²) in [6, 6.07) is 47.0. The van der Waals surface area contributed by atoms with E-state index in [-0.39, 0.29) is 11.1 Å². The number of ether oxygens (including phenoxy) is 2. The molecule has 0 saturated carbocycles. The van der Waals surface area contributed by atoms with Gasteiger partial charge in [0.25, 0.3) is 0 Å². The minimum atomic E-state index is -0.972. The number of carboxylic acid groups (broad SMARTS) is 2. The molecule has 8 aromatic carbocycles. The summed E-state index contributed by atoms with van der Waals surface area (Å²) in [5.74, 6) is 0.509. The highest BCUT2D eigenvalue weighted by molar-refractivity contribution is 8.05. The van der Waals surface area contributed by atoms with E-state index in [1.807, 2.05) is 97.1 Å². The van der Waals surface area contributed by atoms with Crippen LogP contribution in [-0.2, 0) is 0 Å². The molecule has 0 amide bonds. The van der Waals surface area contributed by atoms with Gasteiger partial charge in [0, 0.05) is 40.5 Å². The number of benzene rings is 8. The SMILES string of the molecule is O=C(O)c1cccc2c1Sc1c(Oc3ccc4ccccc4c3-c3c(Oc4cccc5c4Sc4c(cccc4C(=O)O)S5)ccc4ccccc34)cccc1S2. The lowest BCUT2D eigenvalue weighted by molar-refractivity contribution is 0.0681. The third-order valence-corrected chi connectivity index (χ3v) is 14.9. The van der Waals surface area contributed by atoms with Crippen molar-refractivity contribution in [3.8, 4) is 34.1 Å². The van der Waals surface area contributed by atoms with Crippen LogP contribution >= 0.6 is 47.0 Å². The monoisotopic (exact) mass is 802 g/mol. The molecule has 10 rings (SSSR count). The van der Waals surface area contributed by atoms with Crippen molar-refractivity contribution in [1.82, 2.24) is 0 Å². The predicted octanol–water partition coefficient (Wildman–Crippen LogP) is 13.9. The zero-order valence-electron chi connectivity index (χ0n) is 29.0. The minimum absolute atomic E-state index is 0.256. The quantitative estimate of drug-likeness (QED) is 0.162. The Morgan fingerprint density at radius 2 is 0.768 bits per heavy atom. The average Bonchev–Trinajstić information content (AvgIpc) is 3.22. The first-order valence-corrected chi connectivity index (χ1v) is 20.8. The van der Waals surface area contributed by atoms with Gasteiger partial charge in [-0.25, -0.2) is 9.59 Å². The van der Waals surface area contributed by atoms with Crippen LogP contribution in [0.3, 0.4) is 0 Å². The fourth-order valence-electron chi connectivity index (χ4n) is 7.12. The number of carbonyl (C=O) groups is 2. The van der Waals surface area contributed by atoms with E-state index in [0.29, 0.717) is 32.8 Å². The summed E-state index contributed by atoms with van der Waals surface area (Å²) in [6.45, 7) is 0. The van der Waals surface area contributed by atoms with Gasteiger partial charge in [-0.15, -0.1) is 0 Å². The first-order valence-electron chi connectivity index (χ1n) is 17.5. The molecular weight excluding hydrogens is 777 g/mol. The van der Waals surface area contributed by atoms with Crippen LogP contribution in [0.1, 0.15) is 20.7 Å². The number of hydrogen-bond donors (Lipinski definition) is 2. The highest BCUT2D eigenvalue weighted by atomic mass is 32.2. The maximum absolute atomic E-state index is 12.2. The van der Waals surface area contributed by atoms with Crippen LogP contribution < -0.4 is 9.47 Å². The van der Waals surface area contributed by atoms with Gasteiger partial charge in [0.1, 0.15) is 23.0 Å². The molecule has 10 heteroatoms. The van der Waals surface area contributed by atoms with Crippen LogP contribution in [0.4, 0.5) is 0 Å². The Kier molecular flexibility index (Phi) is 8.71. The highest BCUT2D eigenvalue weighted by Crippen LogP contribution is 2.57. The van der Waals surface area contributed by atoms with Crippen LogP contribution in [0, 0.1) is 0 Å². The molecule has 0 radical (unpaired) electrons. The summed E-state index contributed by atoms with van der Waals surface area (Å²) in [4.78, 5) is 31.3. The normalized spacial score (nSPS) is 12.6. The minimum Gasteiger partial charge on any atom is -0.478 e. The van der Waals surface area contributed by atoms with Gasteiger partial charge >= 0.3 is 11.9 Å².